The van der Waals surface area contributed by atoms with E-state index < -0.39 is 12.0 Å². The molecule has 0 saturated carbocycles. The first kappa shape index (κ1) is 21.6. The van der Waals surface area contributed by atoms with Crippen LogP contribution in [-0.4, -0.2) is 34.6 Å². The summed E-state index contributed by atoms with van der Waals surface area (Å²) in [6.07, 6.45) is -3.27. The maximum Gasteiger partial charge on any atom is 0.453 e. The van der Waals surface area contributed by atoms with Gasteiger partial charge in [0.1, 0.15) is 10.9 Å². The Bertz CT molecular complexity index is 1360. The van der Waals surface area contributed by atoms with Gasteiger partial charge in [-0.25, -0.2) is 0 Å². The number of halogens is 3. The number of aryl methyl sites for hydroxylation is 1. The lowest BCUT2D eigenvalue weighted by molar-refractivity contribution is -0.146. The number of thiophene rings is 1. The predicted molar refractivity (Wildman–Crippen MR) is 117 cm³/mol. The Morgan fingerprint density at radius 2 is 1.76 bits per heavy atom. The van der Waals surface area contributed by atoms with Gasteiger partial charge >= 0.3 is 6.18 Å². The van der Waals surface area contributed by atoms with Crippen molar-refractivity contribution in [3.63, 3.8) is 0 Å². The van der Waals surface area contributed by atoms with Gasteiger partial charge < -0.3 is 4.57 Å². The van der Waals surface area contributed by atoms with Crippen molar-refractivity contribution in [3.05, 3.63) is 82.1 Å². The van der Waals surface area contributed by atoms with Crippen LogP contribution in [-0.2, 0) is 25.6 Å². The first-order chi connectivity index (χ1) is 16.0. The van der Waals surface area contributed by atoms with E-state index in [0.29, 0.717) is 27.7 Å². The third-order valence-corrected chi connectivity index (χ3v) is 6.65. The van der Waals surface area contributed by atoms with Crippen LogP contribution < -0.4 is 0 Å². The normalized spacial score (nSPS) is 12.0. The summed E-state index contributed by atoms with van der Waals surface area (Å²) in [6, 6.07) is 17.1. The summed E-state index contributed by atoms with van der Waals surface area (Å²) in [5, 5.41) is 22.5. The second kappa shape index (κ2) is 8.94. The quantitative estimate of drug-likeness (QED) is 0.329. The van der Waals surface area contributed by atoms with Crippen LogP contribution in [0.2, 0.25) is 0 Å². The molecule has 0 atom stereocenters. The molecule has 0 N–H and O–H groups in total. The first-order valence-electron chi connectivity index (χ1n) is 9.93. The molecule has 5 aromatic rings. The van der Waals surface area contributed by atoms with E-state index in [1.807, 2.05) is 40.3 Å². The van der Waals surface area contributed by atoms with Crippen LogP contribution in [0.1, 0.15) is 22.1 Å². The van der Waals surface area contributed by atoms with Gasteiger partial charge in [-0.2, -0.15) is 22.8 Å². The van der Waals surface area contributed by atoms with Crippen LogP contribution in [0.4, 0.5) is 13.2 Å². The third-order valence-electron chi connectivity index (χ3n) is 4.86. The van der Waals surface area contributed by atoms with Crippen LogP contribution >= 0.6 is 23.1 Å². The average Bonchev–Trinajstić information content (AvgIpc) is 3.54. The molecule has 0 fully saturated rings. The van der Waals surface area contributed by atoms with E-state index in [-0.39, 0.29) is 5.65 Å². The number of aromatic nitrogens is 7. The number of nitrogens with zero attached hydrogens (tertiary/aromatic N) is 7. The van der Waals surface area contributed by atoms with Gasteiger partial charge in [-0.3, -0.25) is 0 Å². The zero-order valence-corrected chi connectivity index (χ0v) is 18.6. The van der Waals surface area contributed by atoms with Gasteiger partial charge in [0.25, 0.3) is 5.82 Å². The summed E-state index contributed by atoms with van der Waals surface area (Å²) in [5.74, 6) is -0.374. The van der Waals surface area contributed by atoms with Crippen molar-refractivity contribution in [3.8, 4) is 0 Å². The molecule has 5 rings (SSSR count). The summed E-state index contributed by atoms with van der Waals surface area (Å²) in [4.78, 5) is 1.15. The molecule has 0 saturated heterocycles. The molecule has 0 aliphatic rings. The molecule has 0 spiro atoms. The van der Waals surface area contributed by atoms with Crippen molar-refractivity contribution in [2.75, 3.05) is 0 Å². The van der Waals surface area contributed by atoms with Crippen LogP contribution in [0.15, 0.2) is 70.2 Å². The van der Waals surface area contributed by atoms with E-state index in [0.717, 1.165) is 28.9 Å². The lowest BCUT2D eigenvalue weighted by Gasteiger charge is -2.10. The first-order valence-corrected chi connectivity index (χ1v) is 11.6. The maximum absolute atomic E-state index is 13.2. The third kappa shape index (κ3) is 4.76. The minimum atomic E-state index is -4.65. The molecule has 4 heterocycles. The van der Waals surface area contributed by atoms with Gasteiger partial charge in [0.2, 0.25) is 0 Å². The number of benzene rings is 1. The molecule has 0 bridgehead atoms. The Balaban J connectivity index is 1.46. The fourth-order valence-electron chi connectivity index (χ4n) is 3.30. The predicted octanol–water partition coefficient (Wildman–Crippen LogP) is 4.78. The zero-order valence-electron chi connectivity index (χ0n) is 17.0. The number of hydrogen-bond acceptors (Lipinski definition) is 7. The van der Waals surface area contributed by atoms with Gasteiger partial charge in [0, 0.05) is 17.8 Å². The molecule has 1 aromatic carbocycles. The SMILES string of the molecule is FC(F)(F)c1nnc2ccc(Sc3nnc(Cc4cccs4)n3CCc3ccccc3)nn12. The highest BCUT2D eigenvalue weighted by molar-refractivity contribution is 7.99. The summed E-state index contributed by atoms with van der Waals surface area (Å²) in [7, 11) is 0. The molecule has 0 radical (unpaired) electrons. The fraction of sp³-hybridized carbons (Fsp3) is 0.190. The fourth-order valence-corrected chi connectivity index (χ4v) is 4.84. The second-order valence-electron chi connectivity index (χ2n) is 7.11. The molecule has 0 amide bonds. The molecule has 0 unspecified atom stereocenters. The molecule has 12 heteroatoms. The minimum absolute atomic E-state index is 0.0237. The number of rotatable bonds is 7. The Labute approximate surface area is 194 Å². The van der Waals surface area contributed by atoms with E-state index in [2.05, 4.69) is 37.6 Å². The highest BCUT2D eigenvalue weighted by Gasteiger charge is 2.37. The molecule has 7 nitrogen and oxygen atoms in total. The van der Waals surface area contributed by atoms with Crippen molar-refractivity contribution in [2.45, 2.75) is 35.7 Å². The average molecular weight is 488 g/mol. The van der Waals surface area contributed by atoms with E-state index in [9.17, 15) is 13.2 Å². The standard InChI is InChI=1S/C21H16F3N7S2/c22-21(23,24)19-27-25-16-8-9-18(29-31(16)19)33-20-28-26-17(13-15-7-4-12-32-15)30(20)11-10-14-5-2-1-3-6-14/h1-9,12H,10-11,13H2. The summed E-state index contributed by atoms with van der Waals surface area (Å²) >= 11 is 2.79. The number of fused-ring (bicyclic) bond motifs is 1. The summed E-state index contributed by atoms with van der Waals surface area (Å²) < 4.78 is 42.4. The van der Waals surface area contributed by atoms with Crippen molar-refractivity contribution < 1.29 is 13.2 Å². The van der Waals surface area contributed by atoms with Gasteiger partial charge in [0.05, 0.1) is 0 Å². The zero-order chi connectivity index (χ0) is 22.8. The van der Waals surface area contributed by atoms with E-state index in [1.54, 1.807) is 17.4 Å². The Hall–Kier alpha value is -3.25. The lowest BCUT2D eigenvalue weighted by Crippen LogP contribution is -2.12. The van der Waals surface area contributed by atoms with Crippen LogP contribution in [0.25, 0.3) is 5.65 Å². The maximum atomic E-state index is 13.2. The topological polar surface area (TPSA) is 73.8 Å². The summed E-state index contributed by atoms with van der Waals surface area (Å²) in [5.41, 5.74) is 1.19. The van der Waals surface area contributed by atoms with Crippen molar-refractivity contribution in [2.24, 2.45) is 0 Å². The molecular formula is C21H16F3N7S2. The Morgan fingerprint density at radius 1 is 0.909 bits per heavy atom. The molecule has 0 aliphatic heterocycles. The van der Waals surface area contributed by atoms with E-state index in [1.165, 1.54) is 11.6 Å². The van der Waals surface area contributed by atoms with Crippen LogP contribution in [0.3, 0.4) is 0 Å². The van der Waals surface area contributed by atoms with Gasteiger partial charge in [0.15, 0.2) is 10.8 Å². The summed E-state index contributed by atoms with van der Waals surface area (Å²) in [6.45, 7) is 0.628. The molecule has 168 valence electrons. The van der Waals surface area contributed by atoms with Crippen LogP contribution in [0.5, 0.6) is 0 Å². The number of alkyl halides is 3. The molecule has 0 aliphatic carbocycles. The second-order valence-corrected chi connectivity index (χ2v) is 9.13. The minimum Gasteiger partial charge on any atom is -0.305 e. The Morgan fingerprint density at radius 3 is 2.52 bits per heavy atom. The monoisotopic (exact) mass is 487 g/mol. The largest absolute Gasteiger partial charge is 0.453 e. The van der Waals surface area contributed by atoms with Gasteiger partial charge in [-0.05, 0) is 47.3 Å². The highest BCUT2D eigenvalue weighted by atomic mass is 32.2. The number of hydrogen-bond donors (Lipinski definition) is 0. The lowest BCUT2D eigenvalue weighted by atomic mass is 10.1. The van der Waals surface area contributed by atoms with Crippen molar-refractivity contribution in [1.29, 1.82) is 0 Å². The molecular weight excluding hydrogens is 471 g/mol. The van der Waals surface area contributed by atoms with E-state index in [4.69, 9.17) is 0 Å². The smallest absolute Gasteiger partial charge is 0.305 e. The van der Waals surface area contributed by atoms with Crippen molar-refractivity contribution >= 4 is 28.7 Å². The molecule has 4 aromatic heterocycles. The van der Waals surface area contributed by atoms with Crippen molar-refractivity contribution in [1.82, 2.24) is 34.6 Å². The van der Waals surface area contributed by atoms with E-state index >= 15 is 0 Å². The van der Waals surface area contributed by atoms with Gasteiger partial charge in [-0.15, -0.1) is 31.7 Å². The highest BCUT2D eigenvalue weighted by Crippen LogP contribution is 2.30. The van der Waals surface area contributed by atoms with Gasteiger partial charge in [-0.1, -0.05) is 36.4 Å². The molecule has 33 heavy (non-hydrogen) atoms. The van der Waals surface area contributed by atoms with Crippen LogP contribution in [0, 0.1) is 0 Å². The Kier molecular flexibility index (Phi) is 5.85.